The van der Waals surface area contributed by atoms with Crippen molar-refractivity contribution in [3.63, 3.8) is 0 Å². The lowest BCUT2D eigenvalue weighted by Gasteiger charge is -2.49. The summed E-state index contributed by atoms with van der Waals surface area (Å²) in [7, 11) is 0. The molecule has 1 saturated carbocycles. The highest BCUT2D eigenvalue weighted by Gasteiger charge is 2.42. The lowest BCUT2D eigenvalue weighted by molar-refractivity contribution is -0.131. The van der Waals surface area contributed by atoms with Crippen molar-refractivity contribution < 1.29 is 9.53 Å². The maximum atomic E-state index is 12.1. The maximum Gasteiger partial charge on any atom is 0.223 e. The Labute approximate surface area is 129 Å². The third-order valence-corrected chi connectivity index (χ3v) is 5.73. The molecule has 0 aromatic heterocycles. The summed E-state index contributed by atoms with van der Waals surface area (Å²) in [5, 5.41) is 0. The molecule has 3 aliphatic rings. The van der Waals surface area contributed by atoms with Crippen molar-refractivity contribution in [2.24, 2.45) is 0 Å². The number of rotatable bonds is 3. The second kappa shape index (κ2) is 6.32. The van der Waals surface area contributed by atoms with Gasteiger partial charge in [0.25, 0.3) is 0 Å². The van der Waals surface area contributed by atoms with Crippen LogP contribution in [0.4, 0.5) is 0 Å². The van der Waals surface area contributed by atoms with E-state index in [0.717, 1.165) is 39.4 Å². The van der Waals surface area contributed by atoms with Gasteiger partial charge in [-0.2, -0.15) is 0 Å². The van der Waals surface area contributed by atoms with Crippen molar-refractivity contribution in [1.29, 1.82) is 0 Å². The number of hydrogen-bond donors (Lipinski definition) is 0. The van der Waals surface area contributed by atoms with Crippen LogP contribution < -0.4 is 0 Å². The minimum absolute atomic E-state index is 0.217. The minimum Gasteiger partial charge on any atom is -0.379 e. The standard InChI is InChI=1S/C15H25BrN2O2/c16-13-10-14(19)17(11-13)12-15(4-2-1-3-5-15)18-6-8-20-9-7-18/h13H,1-12H2. The Hall–Kier alpha value is -0.130. The van der Waals surface area contributed by atoms with Crippen LogP contribution in [0.1, 0.15) is 38.5 Å². The largest absolute Gasteiger partial charge is 0.379 e. The molecule has 1 amide bonds. The third-order valence-electron chi connectivity index (χ3n) is 5.12. The molecule has 0 aromatic carbocycles. The molecule has 0 aromatic rings. The lowest BCUT2D eigenvalue weighted by Crippen LogP contribution is -2.59. The van der Waals surface area contributed by atoms with Crippen LogP contribution in [0.25, 0.3) is 0 Å². The summed E-state index contributed by atoms with van der Waals surface area (Å²) in [5.74, 6) is 0.324. The van der Waals surface area contributed by atoms with Gasteiger partial charge in [0.05, 0.1) is 13.2 Å². The number of carbonyl (C=O) groups excluding carboxylic acids is 1. The van der Waals surface area contributed by atoms with Crippen LogP contribution in [0.2, 0.25) is 0 Å². The van der Waals surface area contributed by atoms with Crippen LogP contribution in [0, 0.1) is 0 Å². The average Bonchev–Trinajstić information content (AvgIpc) is 2.79. The van der Waals surface area contributed by atoms with Crippen LogP contribution in [-0.2, 0) is 9.53 Å². The summed E-state index contributed by atoms with van der Waals surface area (Å²) in [6.45, 7) is 5.55. The maximum absolute atomic E-state index is 12.1. The summed E-state index contributed by atoms with van der Waals surface area (Å²) in [6, 6.07) is 0. The van der Waals surface area contributed by atoms with Gasteiger partial charge in [0.15, 0.2) is 0 Å². The number of hydrogen-bond acceptors (Lipinski definition) is 3. The average molecular weight is 345 g/mol. The molecular formula is C15H25BrN2O2. The fourth-order valence-electron chi connectivity index (χ4n) is 4.05. The van der Waals surface area contributed by atoms with E-state index in [2.05, 4.69) is 25.7 Å². The first-order valence-corrected chi connectivity index (χ1v) is 8.86. The van der Waals surface area contributed by atoms with E-state index in [1.54, 1.807) is 0 Å². The van der Waals surface area contributed by atoms with Gasteiger partial charge in [-0.15, -0.1) is 0 Å². The molecule has 4 nitrogen and oxygen atoms in total. The van der Waals surface area contributed by atoms with Crippen molar-refractivity contribution in [2.75, 3.05) is 39.4 Å². The lowest BCUT2D eigenvalue weighted by atomic mass is 9.79. The number of carbonyl (C=O) groups is 1. The Morgan fingerprint density at radius 1 is 1.20 bits per heavy atom. The van der Waals surface area contributed by atoms with Crippen LogP contribution >= 0.6 is 15.9 Å². The summed E-state index contributed by atoms with van der Waals surface area (Å²) in [4.78, 5) is 17.2. The second-order valence-electron chi connectivity index (χ2n) is 6.46. The van der Waals surface area contributed by atoms with Crippen molar-refractivity contribution in [3.05, 3.63) is 0 Å². The van der Waals surface area contributed by atoms with E-state index in [4.69, 9.17) is 4.74 Å². The van der Waals surface area contributed by atoms with E-state index < -0.39 is 0 Å². The SMILES string of the molecule is O=C1CC(Br)CN1CC1(N2CCOCC2)CCCCC1. The summed E-state index contributed by atoms with van der Waals surface area (Å²) in [6.07, 6.45) is 7.10. The molecule has 0 bridgehead atoms. The zero-order valence-electron chi connectivity index (χ0n) is 12.2. The molecule has 0 spiro atoms. The van der Waals surface area contributed by atoms with E-state index in [9.17, 15) is 4.79 Å². The molecular weight excluding hydrogens is 320 g/mol. The highest BCUT2D eigenvalue weighted by molar-refractivity contribution is 9.09. The molecule has 0 radical (unpaired) electrons. The van der Waals surface area contributed by atoms with E-state index in [1.807, 2.05) is 0 Å². The summed E-state index contributed by atoms with van der Waals surface area (Å²) < 4.78 is 5.51. The smallest absolute Gasteiger partial charge is 0.223 e. The Kier molecular flexibility index (Phi) is 4.68. The minimum atomic E-state index is 0.217. The fourth-order valence-corrected chi connectivity index (χ4v) is 4.68. The second-order valence-corrected chi connectivity index (χ2v) is 7.76. The molecule has 3 rings (SSSR count). The zero-order valence-corrected chi connectivity index (χ0v) is 13.7. The third kappa shape index (κ3) is 3.04. The molecule has 2 aliphatic heterocycles. The summed E-state index contributed by atoms with van der Waals surface area (Å²) in [5.41, 5.74) is 0.217. The predicted molar refractivity (Wildman–Crippen MR) is 82.1 cm³/mol. The number of nitrogens with zero attached hydrogens (tertiary/aromatic N) is 2. The summed E-state index contributed by atoms with van der Waals surface area (Å²) >= 11 is 3.60. The first kappa shape index (κ1) is 14.8. The zero-order chi connectivity index (χ0) is 14.0. The number of likely N-dealkylation sites (tertiary alicyclic amines) is 1. The van der Waals surface area contributed by atoms with Gasteiger partial charge in [-0.3, -0.25) is 9.69 Å². The molecule has 1 aliphatic carbocycles. The Bertz CT molecular complexity index is 352. The van der Waals surface area contributed by atoms with Gasteiger partial charge in [0, 0.05) is 43.0 Å². The molecule has 2 heterocycles. The molecule has 3 fully saturated rings. The Morgan fingerprint density at radius 2 is 1.90 bits per heavy atom. The highest BCUT2D eigenvalue weighted by atomic mass is 79.9. The first-order valence-electron chi connectivity index (χ1n) is 7.94. The fraction of sp³-hybridized carbons (Fsp3) is 0.933. The van der Waals surface area contributed by atoms with Crippen molar-refractivity contribution in [3.8, 4) is 0 Å². The van der Waals surface area contributed by atoms with Gasteiger partial charge in [-0.05, 0) is 12.8 Å². The molecule has 5 heteroatoms. The van der Waals surface area contributed by atoms with Crippen molar-refractivity contribution in [2.45, 2.75) is 48.9 Å². The number of ether oxygens (including phenoxy) is 1. The first-order chi connectivity index (χ1) is 9.70. The van der Waals surface area contributed by atoms with Gasteiger partial charge in [0.1, 0.15) is 0 Å². The van der Waals surface area contributed by atoms with E-state index in [1.165, 1.54) is 32.1 Å². The molecule has 0 N–H and O–H groups in total. The monoisotopic (exact) mass is 344 g/mol. The van der Waals surface area contributed by atoms with Gasteiger partial charge in [0.2, 0.25) is 5.91 Å². The highest BCUT2D eigenvalue weighted by Crippen LogP contribution is 2.36. The Balaban J connectivity index is 1.73. The number of halogens is 1. The topological polar surface area (TPSA) is 32.8 Å². The van der Waals surface area contributed by atoms with Crippen molar-refractivity contribution in [1.82, 2.24) is 9.80 Å². The van der Waals surface area contributed by atoms with Crippen LogP contribution in [0.5, 0.6) is 0 Å². The molecule has 1 atom stereocenters. The molecule has 114 valence electrons. The van der Waals surface area contributed by atoms with E-state index in [0.29, 0.717) is 17.2 Å². The normalized spacial score (nSPS) is 31.8. The quantitative estimate of drug-likeness (QED) is 0.734. The molecule has 20 heavy (non-hydrogen) atoms. The van der Waals surface area contributed by atoms with Crippen LogP contribution in [0.3, 0.4) is 0 Å². The predicted octanol–water partition coefficient (Wildman–Crippen LogP) is 2.02. The molecule has 1 unspecified atom stereocenters. The van der Waals surface area contributed by atoms with Gasteiger partial charge in [-0.25, -0.2) is 0 Å². The number of alkyl halides is 1. The molecule has 2 saturated heterocycles. The van der Waals surface area contributed by atoms with Gasteiger partial charge < -0.3 is 9.64 Å². The van der Waals surface area contributed by atoms with Crippen molar-refractivity contribution >= 4 is 21.8 Å². The van der Waals surface area contributed by atoms with Crippen LogP contribution in [-0.4, -0.2) is 65.5 Å². The van der Waals surface area contributed by atoms with Gasteiger partial charge >= 0.3 is 0 Å². The number of amides is 1. The Morgan fingerprint density at radius 3 is 2.50 bits per heavy atom. The van der Waals surface area contributed by atoms with Crippen LogP contribution in [0.15, 0.2) is 0 Å². The van der Waals surface area contributed by atoms with E-state index >= 15 is 0 Å². The van der Waals surface area contributed by atoms with E-state index in [-0.39, 0.29) is 5.54 Å². The number of morpholine rings is 1. The van der Waals surface area contributed by atoms with Gasteiger partial charge in [-0.1, -0.05) is 35.2 Å².